The van der Waals surface area contributed by atoms with Gasteiger partial charge in [-0.2, -0.15) is 0 Å². The lowest BCUT2D eigenvalue weighted by molar-refractivity contribution is 1.45. The Morgan fingerprint density at radius 3 is 2.44 bits per heavy atom. The minimum Gasteiger partial charge on any atom is -0.361 e. The summed E-state index contributed by atoms with van der Waals surface area (Å²) in [5, 5.41) is 1.28. The summed E-state index contributed by atoms with van der Waals surface area (Å²) in [5.74, 6) is 0. The summed E-state index contributed by atoms with van der Waals surface area (Å²) in [7, 11) is 0. The molecule has 0 spiro atoms. The Morgan fingerprint density at radius 1 is 0.875 bits per heavy atom. The van der Waals surface area contributed by atoms with Gasteiger partial charge >= 0.3 is 0 Å². The Balaban J connectivity index is 2.22. The average Bonchev–Trinajstić information content (AvgIpc) is 2.74. The van der Waals surface area contributed by atoms with Crippen molar-refractivity contribution in [3.05, 3.63) is 60.3 Å². The monoisotopic (exact) mass is 207 g/mol. The molecule has 0 unspecified atom stereocenters. The fourth-order valence-corrected chi connectivity index (χ4v) is 2.04. The number of aromatic nitrogens is 1. The van der Waals surface area contributed by atoms with Crippen LogP contribution < -0.4 is 0 Å². The molecular formula is C15H13N. The molecule has 0 aliphatic rings. The number of para-hydroxylation sites is 1. The number of fused-ring (bicyclic) bond motifs is 1. The first-order valence-electron chi connectivity index (χ1n) is 5.48. The van der Waals surface area contributed by atoms with E-state index in [-0.39, 0.29) is 0 Å². The van der Waals surface area contributed by atoms with Gasteiger partial charge in [0.25, 0.3) is 0 Å². The van der Waals surface area contributed by atoms with Gasteiger partial charge in [-0.05, 0) is 18.6 Å². The smallest absolute Gasteiger partial charge is 0.0460 e. The van der Waals surface area contributed by atoms with Crippen LogP contribution in [0.1, 0.15) is 5.56 Å². The number of aromatic amines is 1. The Morgan fingerprint density at radius 2 is 1.62 bits per heavy atom. The molecule has 0 bridgehead atoms. The van der Waals surface area contributed by atoms with Crippen LogP contribution in [0.15, 0.2) is 54.7 Å². The lowest BCUT2D eigenvalue weighted by Crippen LogP contribution is -1.76. The number of rotatable bonds is 1. The molecule has 0 amide bonds. The van der Waals surface area contributed by atoms with Crippen molar-refractivity contribution in [2.45, 2.75) is 6.92 Å². The molecule has 3 aromatic rings. The summed E-state index contributed by atoms with van der Waals surface area (Å²) in [5.41, 5.74) is 5.03. The zero-order valence-corrected chi connectivity index (χ0v) is 9.20. The van der Waals surface area contributed by atoms with Gasteiger partial charge in [0.2, 0.25) is 0 Å². The van der Waals surface area contributed by atoms with Crippen molar-refractivity contribution in [1.82, 2.24) is 4.98 Å². The van der Waals surface area contributed by atoms with Gasteiger partial charge in [0, 0.05) is 22.7 Å². The second kappa shape index (κ2) is 3.53. The molecule has 1 nitrogen and oxygen atoms in total. The lowest BCUT2D eigenvalue weighted by Gasteiger charge is -2.00. The maximum absolute atomic E-state index is 3.30. The molecule has 2 aromatic carbocycles. The molecule has 1 aromatic heterocycles. The lowest BCUT2D eigenvalue weighted by atomic mass is 10.0. The van der Waals surface area contributed by atoms with E-state index < -0.39 is 0 Å². The third-order valence-corrected chi connectivity index (χ3v) is 2.95. The minimum atomic E-state index is 1.19. The highest BCUT2D eigenvalue weighted by Crippen LogP contribution is 2.28. The maximum Gasteiger partial charge on any atom is 0.0460 e. The highest BCUT2D eigenvalue weighted by atomic mass is 14.7. The van der Waals surface area contributed by atoms with E-state index in [4.69, 9.17) is 0 Å². The number of hydrogen-bond donors (Lipinski definition) is 1. The van der Waals surface area contributed by atoms with Gasteiger partial charge in [-0.3, -0.25) is 0 Å². The van der Waals surface area contributed by atoms with Gasteiger partial charge in [-0.15, -0.1) is 0 Å². The fraction of sp³-hybridized carbons (Fsp3) is 0.0667. The number of hydrogen-bond acceptors (Lipinski definition) is 0. The quantitative estimate of drug-likeness (QED) is 0.617. The molecule has 0 fully saturated rings. The van der Waals surface area contributed by atoms with E-state index in [9.17, 15) is 0 Å². The molecule has 16 heavy (non-hydrogen) atoms. The van der Waals surface area contributed by atoms with Crippen molar-refractivity contribution in [2.75, 3.05) is 0 Å². The highest BCUT2D eigenvalue weighted by molar-refractivity contribution is 5.95. The molecule has 0 aliphatic heterocycles. The van der Waals surface area contributed by atoms with Crippen molar-refractivity contribution >= 4 is 10.9 Å². The average molecular weight is 207 g/mol. The van der Waals surface area contributed by atoms with E-state index in [2.05, 4.69) is 66.6 Å². The first kappa shape index (κ1) is 9.22. The van der Waals surface area contributed by atoms with Gasteiger partial charge in [0.1, 0.15) is 0 Å². The van der Waals surface area contributed by atoms with E-state index in [0.717, 1.165) is 0 Å². The highest BCUT2D eigenvalue weighted by Gasteiger charge is 2.04. The predicted molar refractivity (Wildman–Crippen MR) is 68.5 cm³/mol. The fourth-order valence-electron chi connectivity index (χ4n) is 2.04. The third-order valence-electron chi connectivity index (χ3n) is 2.95. The molecule has 0 saturated heterocycles. The Labute approximate surface area is 94.7 Å². The predicted octanol–water partition coefficient (Wildman–Crippen LogP) is 4.14. The Bertz CT molecular complexity index is 617. The van der Waals surface area contributed by atoms with Crippen LogP contribution in [0.3, 0.4) is 0 Å². The van der Waals surface area contributed by atoms with Gasteiger partial charge in [-0.1, -0.05) is 48.0 Å². The largest absolute Gasteiger partial charge is 0.361 e. The topological polar surface area (TPSA) is 15.8 Å². The molecule has 1 N–H and O–H groups in total. The molecule has 0 saturated carbocycles. The molecule has 3 rings (SSSR count). The number of aryl methyl sites for hydroxylation is 1. The van der Waals surface area contributed by atoms with Crippen LogP contribution in [-0.4, -0.2) is 4.98 Å². The van der Waals surface area contributed by atoms with Gasteiger partial charge < -0.3 is 4.98 Å². The van der Waals surface area contributed by atoms with E-state index in [0.29, 0.717) is 0 Å². The zero-order chi connectivity index (χ0) is 11.0. The van der Waals surface area contributed by atoms with E-state index in [1.165, 1.54) is 27.6 Å². The van der Waals surface area contributed by atoms with Gasteiger partial charge in [0.15, 0.2) is 0 Å². The van der Waals surface area contributed by atoms with Crippen LogP contribution in [0.4, 0.5) is 0 Å². The van der Waals surface area contributed by atoms with Crippen LogP contribution in [0.5, 0.6) is 0 Å². The number of benzene rings is 2. The second-order valence-corrected chi connectivity index (χ2v) is 4.11. The first-order chi connectivity index (χ1) is 7.84. The summed E-state index contributed by atoms with van der Waals surface area (Å²) in [4.78, 5) is 3.30. The first-order valence-corrected chi connectivity index (χ1v) is 5.48. The second-order valence-electron chi connectivity index (χ2n) is 4.11. The van der Waals surface area contributed by atoms with Crippen molar-refractivity contribution in [1.29, 1.82) is 0 Å². The van der Waals surface area contributed by atoms with Crippen LogP contribution in [0.25, 0.3) is 22.0 Å². The van der Waals surface area contributed by atoms with Crippen molar-refractivity contribution in [3.8, 4) is 11.1 Å². The molecule has 0 atom stereocenters. The molecule has 0 aliphatic carbocycles. The molecular weight excluding hydrogens is 194 g/mol. The third kappa shape index (κ3) is 1.41. The summed E-state index contributed by atoms with van der Waals surface area (Å²) >= 11 is 0. The van der Waals surface area contributed by atoms with Crippen LogP contribution in [0.2, 0.25) is 0 Å². The number of nitrogens with one attached hydrogen (secondary N) is 1. The SMILES string of the molecule is Cc1ccc(-c2c[nH]c3ccccc23)cc1. The molecule has 1 heterocycles. The zero-order valence-electron chi connectivity index (χ0n) is 9.20. The normalized spacial score (nSPS) is 10.8. The summed E-state index contributed by atoms with van der Waals surface area (Å²) < 4.78 is 0. The molecule has 1 heteroatoms. The molecule has 78 valence electrons. The van der Waals surface area contributed by atoms with Crippen LogP contribution in [0, 0.1) is 6.92 Å². The number of H-pyrrole nitrogens is 1. The summed E-state index contributed by atoms with van der Waals surface area (Å²) in [6.07, 6.45) is 2.08. The van der Waals surface area contributed by atoms with Crippen molar-refractivity contribution < 1.29 is 0 Å². The Hall–Kier alpha value is -2.02. The van der Waals surface area contributed by atoms with Gasteiger partial charge in [0.05, 0.1) is 0 Å². The summed E-state index contributed by atoms with van der Waals surface area (Å²) in [6.45, 7) is 2.11. The minimum absolute atomic E-state index is 1.19. The van der Waals surface area contributed by atoms with Crippen molar-refractivity contribution in [3.63, 3.8) is 0 Å². The van der Waals surface area contributed by atoms with Crippen LogP contribution >= 0.6 is 0 Å². The summed E-state index contributed by atoms with van der Waals surface area (Å²) in [6, 6.07) is 17.0. The van der Waals surface area contributed by atoms with E-state index in [1.807, 2.05) is 0 Å². The van der Waals surface area contributed by atoms with Gasteiger partial charge in [-0.25, -0.2) is 0 Å². The van der Waals surface area contributed by atoms with E-state index >= 15 is 0 Å². The standard InChI is InChI=1S/C15H13N/c1-11-6-8-12(9-7-11)14-10-16-15-5-3-2-4-13(14)15/h2-10,16H,1H3. The molecule has 0 radical (unpaired) electrons. The maximum atomic E-state index is 3.30. The van der Waals surface area contributed by atoms with Crippen molar-refractivity contribution in [2.24, 2.45) is 0 Å². The van der Waals surface area contributed by atoms with E-state index in [1.54, 1.807) is 0 Å². The Kier molecular flexibility index (Phi) is 2.03. The van der Waals surface area contributed by atoms with Crippen LogP contribution in [-0.2, 0) is 0 Å².